The summed E-state index contributed by atoms with van der Waals surface area (Å²) in [4.78, 5) is 72.0. The van der Waals surface area contributed by atoms with Gasteiger partial charge in [0.15, 0.2) is 18.3 Å². The Bertz CT molecular complexity index is 1070. The highest BCUT2D eigenvalue weighted by Crippen LogP contribution is 2.52. The van der Waals surface area contributed by atoms with E-state index in [2.05, 4.69) is 0 Å². The standard InChI is InChI=1S/C26H41O17P/c1-14(27)34-11-18-19(39-15(2)28)20(40-16(3)29)21(41-17(4)30)22(42-18)43-44(33,37-12-35-23(31)25(5,6)7)38-13-36-24(32)26(8,9)10/h18-22H,11-13H2,1-10H3/t18-,19-,20+,21+,22-/m1/s1. The van der Waals surface area contributed by atoms with Gasteiger partial charge in [0.1, 0.15) is 12.7 Å². The number of carbonyl (C=O) groups excluding carboxylic acids is 6. The molecule has 0 aromatic rings. The summed E-state index contributed by atoms with van der Waals surface area (Å²) in [6, 6.07) is 0. The molecular formula is C26H41O17P. The summed E-state index contributed by atoms with van der Waals surface area (Å²) < 4.78 is 66.0. The maximum atomic E-state index is 13.8. The van der Waals surface area contributed by atoms with Gasteiger partial charge in [-0.1, -0.05) is 0 Å². The SMILES string of the molecule is CC(=O)OC[C@H]1O[C@H](OP(=O)(OCOC(=O)C(C)(C)C)OCOC(=O)C(C)(C)C)[C@@H](OC(C)=O)[C@@H](OC(C)=O)[C@@H]1OC(C)=O. The van der Waals surface area contributed by atoms with Crippen LogP contribution < -0.4 is 0 Å². The van der Waals surface area contributed by atoms with Crippen molar-refractivity contribution in [1.82, 2.24) is 0 Å². The number of carbonyl (C=O) groups is 6. The van der Waals surface area contributed by atoms with Crippen LogP contribution in [-0.2, 0) is 80.1 Å². The van der Waals surface area contributed by atoms with Crippen LogP contribution in [0, 0.1) is 10.8 Å². The summed E-state index contributed by atoms with van der Waals surface area (Å²) in [7, 11) is -4.98. The fourth-order valence-corrected chi connectivity index (χ4v) is 4.20. The second-order valence-electron chi connectivity index (χ2n) is 11.5. The molecule has 0 bridgehead atoms. The van der Waals surface area contributed by atoms with Crippen molar-refractivity contribution in [2.24, 2.45) is 10.8 Å². The molecule has 44 heavy (non-hydrogen) atoms. The molecular weight excluding hydrogens is 615 g/mol. The van der Waals surface area contributed by atoms with Crippen LogP contribution in [0.15, 0.2) is 0 Å². The van der Waals surface area contributed by atoms with Crippen LogP contribution in [0.5, 0.6) is 0 Å². The Labute approximate surface area is 255 Å². The van der Waals surface area contributed by atoms with Gasteiger partial charge >= 0.3 is 43.6 Å². The van der Waals surface area contributed by atoms with E-state index in [1.54, 1.807) is 41.5 Å². The lowest BCUT2D eigenvalue weighted by Crippen LogP contribution is -2.62. The first-order valence-electron chi connectivity index (χ1n) is 13.3. The highest BCUT2D eigenvalue weighted by atomic mass is 31.2. The zero-order valence-corrected chi connectivity index (χ0v) is 27.3. The molecule has 0 saturated carbocycles. The highest BCUT2D eigenvalue weighted by molar-refractivity contribution is 7.48. The number of phosphoric acid groups is 1. The Morgan fingerprint density at radius 2 is 1.02 bits per heavy atom. The molecule has 1 aliphatic rings. The molecule has 0 spiro atoms. The van der Waals surface area contributed by atoms with E-state index in [9.17, 15) is 33.3 Å². The average molecular weight is 657 g/mol. The first-order chi connectivity index (χ1) is 20.1. The predicted molar refractivity (Wildman–Crippen MR) is 144 cm³/mol. The van der Waals surface area contributed by atoms with Crippen LogP contribution >= 0.6 is 7.82 Å². The Kier molecular flexibility index (Phi) is 14.4. The zero-order valence-electron chi connectivity index (χ0n) is 26.4. The van der Waals surface area contributed by atoms with Crippen LogP contribution in [0.3, 0.4) is 0 Å². The summed E-state index contributed by atoms with van der Waals surface area (Å²) in [6.07, 6.45) is -8.41. The molecule has 1 heterocycles. The number of phosphoric ester groups is 1. The van der Waals surface area contributed by atoms with Crippen molar-refractivity contribution in [3.05, 3.63) is 0 Å². The van der Waals surface area contributed by atoms with Crippen molar-refractivity contribution in [3.63, 3.8) is 0 Å². The molecule has 18 heteroatoms. The smallest absolute Gasteiger partial charge is 0.463 e. The maximum absolute atomic E-state index is 13.8. The monoisotopic (exact) mass is 656 g/mol. The Morgan fingerprint density at radius 3 is 1.41 bits per heavy atom. The third kappa shape index (κ3) is 13.3. The van der Waals surface area contributed by atoms with Crippen molar-refractivity contribution in [1.29, 1.82) is 0 Å². The molecule has 0 N–H and O–H groups in total. The second kappa shape index (κ2) is 16.3. The van der Waals surface area contributed by atoms with Crippen LogP contribution in [-0.4, -0.2) is 86.7 Å². The largest absolute Gasteiger partial charge is 0.483 e. The predicted octanol–water partition coefficient (Wildman–Crippen LogP) is 2.32. The molecule has 1 aliphatic heterocycles. The minimum Gasteiger partial charge on any atom is -0.463 e. The van der Waals surface area contributed by atoms with Crippen LogP contribution in [0.25, 0.3) is 0 Å². The maximum Gasteiger partial charge on any atom is 0.483 e. The van der Waals surface area contributed by atoms with E-state index in [0.29, 0.717) is 0 Å². The molecule has 1 saturated heterocycles. The third-order valence-corrected chi connectivity index (χ3v) is 6.52. The van der Waals surface area contributed by atoms with Gasteiger partial charge < -0.3 is 33.2 Å². The second-order valence-corrected chi connectivity index (χ2v) is 13.1. The lowest BCUT2D eigenvalue weighted by atomic mass is 9.98. The van der Waals surface area contributed by atoms with Crippen LogP contribution in [0.4, 0.5) is 0 Å². The fourth-order valence-electron chi connectivity index (χ4n) is 3.22. The topological polar surface area (TPSA) is 212 Å². The van der Waals surface area contributed by atoms with Gasteiger partial charge in [-0.05, 0) is 41.5 Å². The van der Waals surface area contributed by atoms with Gasteiger partial charge in [-0.15, -0.1) is 0 Å². The minimum atomic E-state index is -4.98. The normalized spacial score (nSPS) is 22.3. The number of hydrogen-bond acceptors (Lipinski definition) is 17. The lowest BCUT2D eigenvalue weighted by molar-refractivity contribution is -0.292. The molecule has 0 amide bonds. The first kappa shape index (κ1) is 38.9. The van der Waals surface area contributed by atoms with Gasteiger partial charge in [0.2, 0.25) is 19.9 Å². The first-order valence-corrected chi connectivity index (χ1v) is 14.7. The van der Waals surface area contributed by atoms with Crippen LogP contribution in [0.2, 0.25) is 0 Å². The summed E-state index contributed by atoms with van der Waals surface area (Å²) in [5, 5.41) is 0. The van der Waals surface area contributed by atoms with Crippen molar-refractivity contribution >= 4 is 43.6 Å². The van der Waals surface area contributed by atoms with Gasteiger partial charge in [-0.25, -0.2) is 13.6 Å². The summed E-state index contributed by atoms with van der Waals surface area (Å²) >= 11 is 0. The lowest BCUT2D eigenvalue weighted by Gasteiger charge is -2.44. The van der Waals surface area contributed by atoms with E-state index >= 15 is 0 Å². The molecule has 0 unspecified atom stereocenters. The Hall–Kier alpha value is -3.11. The molecule has 17 nitrogen and oxygen atoms in total. The molecule has 0 radical (unpaired) electrons. The van der Waals surface area contributed by atoms with Gasteiger partial charge in [0, 0.05) is 27.7 Å². The number of esters is 6. The van der Waals surface area contributed by atoms with Crippen molar-refractivity contribution < 1.29 is 80.1 Å². The van der Waals surface area contributed by atoms with Crippen molar-refractivity contribution in [2.75, 3.05) is 20.2 Å². The fraction of sp³-hybridized carbons (Fsp3) is 0.769. The van der Waals surface area contributed by atoms with E-state index < -0.39 is 105 Å². The molecule has 1 fully saturated rings. The number of rotatable bonds is 13. The van der Waals surface area contributed by atoms with E-state index in [4.69, 9.17) is 46.7 Å². The molecule has 0 aromatic heterocycles. The molecule has 5 atom stereocenters. The minimum absolute atomic E-state index is 0.601. The Balaban J connectivity index is 3.51. The number of ether oxygens (including phenoxy) is 7. The highest BCUT2D eigenvalue weighted by Gasteiger charge is 2.55. The number of hydrogen-bond donors (Lipinski definition) is 0. The van der Waals surface area contributed by atoms with Crippen LogP contribution in [0.1, 0.15) is 69.2 Å². The molecule has 252 valence electrons. The van der Waals surface area contributed by atoms with E-state index in [0.717, 1.165) is 27.7 Å². The average Bonchev–Trinajstić information content (AvgIpc) is 2.84. The summed E-state index contributed by atoms with van der Waals surface area (Å²) in [5.74, 6) is -5.03. The Morgan fingerprint density at radius 1 is 0.614 bits per heavy atom. The van der Waals surface area contributed by atoms with E-state index in [-0.39, 0.29) is 0 Å². The van der Waals surface area contributed by atoms with Crippen molar-refractivity contribution in [2.45, 2.75) is 99.9 Å². The molecule has 1 rings (SSSR count). The van der Waals surface area contributed by atoms with Gasteiger partial charge in [0.25, 0.3) is 0 Å². The van der Waals surface area contributed by atoms with Gasteiger partial charge in [-0.2, -0.15) is 0 Å². The molecule has 0 aromatic carbocycles. The van der Waals surface area contributed by atoms with Gasteiger partial charge in [-0.3, -0.25) is 33.3 Å². The van der Waals surface area contributed by atoms with E-state index in [1.807, 2.05) is 0 Å². The van der Waals surface area contributed by atoms with E-state index in [1.165, 1.54) is 0 Å². The quantitative estimate of drug-likeness (QED) is 0.120. The third-order valence-electron chi connectivity index (χ3n) is 5.21. The summed E-state index contributed by atoms with van der Waals surface area (Å²) in [5.41, 5.74) is -1.95. The van der Waals surface area contributed by atoms with Gasteiger partial charge in [0.05, 0.1) is 10.8 Å². The molecule has 0 aliphatic carbocycles. The summed E-state index contributed by atoms with van der Waals surface area (Å²) in [6.45, 7) is 10.8. The zero-order chi connectivity index (χ0) is 34.0. The van der Waals surface area contributed by atoms with Crippen molar-refractivity contribution in [3.8, 4) is 0 Å².